The number of pyridine rings is 1. The quantitative estimate of drug-likeness (QED) is 0.752. The first-order valence-electron chi connectivity index (χ1n) is 6.61. The number of carbonyl (C=O) groups excluding carboxylic acids is 1. The van der Waals surface area contributed by atoms with Crippen LogP contribution in [0, 0.1) is 5.82 Å². The van der Waals surface area contributed by atoms with Gasteiger partial charge in [-0.25, -0.2) is 8.91 Å². The molecule has 0 saturated heterocycles. The summed E-state index contributed by atoms with van der Waals surface area (Å²) >= 11 is 0. The Morgan fingerprint density at radius 3 is 2.62 bits per heavy atom. The highest BCUT2D eigenvalue weighted by molar-refractivity contribution is 6.10. The molecule has 0 bridgehead atoms. The summed E-state index contributed by atoms with van der Waals surface area (Å²) in [7, 11) is 0. The molecule has 0 amide bonds. The van der Waals surface area contributed by atoms with E-state index in [4.69, 9.17) is 5.73 Å². The van der Waals surface area contributed by atoms with Crippen molar-refractivity contribution in [2.45, 2.75) is 13.0 Å². The lowest BCUT2D eigenvalue weighted by Gasteiger charge is -2.05. The summed E-state index contributed by atoms with van der Waals surface area (Å²) in [6, 6.07) is 10.8. The molecule has 0 aliphatic carbocycles. The number of carbonyl (C=O) groups is 1. The molecule has 1 aromatic carbocycles. The van der Waals surface area contributed by atoms with Crippen molar-refractivity contribution in [2.24, 2.45) is 5.73 Å². The molecule has 106 valence electrons. The summed E-state index contributed by atoms with van der Waals surface area (Å²) in [4.78, 5) is 12.4. The van der Waals surface area contributed by atoms with Gasteiger partial charge < -0.3 is 5.73 Å². The maximum atomic E-state index is 13.1. The van der Waals surface area contributed by atoms with Gasteiger partial charge in [0.05, 0.1) is 17.1 Å². The number of nitrogens with zero attached hydrogens (tertiary/aromatic N) is 2. The number of nitrogens with two attached hydrogens (primary N) is 1. The van der Waals surface area contributed by atoms with Crippen molar-refractivity contribution in [3.05, 3.63) is 60.0 Å². The van der Waals surface area contributed by atoms with Gasteiger partial charge in [0.2, 0.25) is 0 Å². The Morgan fingerprint density at radius 1 is 1.24 bits per heavy atom. The number of aromatic nitrogens is 2. The van der Waals surface area contributed by atoms with Crippen molar-refractivity contribution in [1.29, 1.82) is 0 Å². The lowest BCUT2D eigenvalue weighted by molar-refractivity contribution is 0.0970. The zero-order chi connectivity index (χ0) is 15.0. The maximum absolute atomic E-state index is 13.1. The molecule has 0 fully saturated rings. The van der Waals surface area contributed by atoms with E-state index in [1.165, 1.54) is 12.1 Å². The Kier molecular flexibility index (Phi) is 3.27. The van der Waals surface area contributed by atoms with Crippen molar-refractivity contribution in [3.8, 4) is 11.3 Å². The number of Topliss-reactive ketones (excluding diaryl/α,β-unsaturated/α-hetero) is 1. The van der Waals surface area contributed by atoms with Crippen LogP contribution in [-0.4, -0.2) is 21.4 Å². The first kappa shape index (κ1) is 13.5. The molecule has 0 spiro atoms. The van der Waals surface area contributed by atoms with Crippen molar-refractivity contribution in [2.75, 3.05) is 0 Å². The summed E-state index contributed by atoms with van der Waals surface area (Å²) in [5, 5.41) is 4.43. The van der Waals surface area contributed by atoms with Gasteiger partial charge in [-0.1, -0.05) is 6.07 Å². The Morgan fingerprint density at radius 2 is 1.95 bits per heavy atom. The number of ketones is 1. The Balaban J connectivity index is 2.28. The fraction of sp³-hybridized carbons (Fsp3) is 0.125. The van der Waals surface area contributed by atoms with Gasteiger partial charge in [0.25, 0.3) is 0 Å². The standard InChI is InChI=1S/C16H14FN3O/c1-10(18)16(21)14-13-4-2-3-9-20(13)19-15(14)11-5-7-12(17)8-6-11/h2-10H,18H2,1H3. The van der Waals surface area contributed by atoms with Crippen LogP contribution >= 0.6 is 0 Å². The smallest absolute Gasteiger partial charge is 0.183 e. The SMILES string of the molecule is CC(N)C(=O)c1c(-c2ccc(F)cc2)nn2ccccc12. The molecule has 1 atom stereocenters. The monoisotopic (exact) mass is 283 g/mol. The molecule has 0 aliphatic heterocycles. The Labute approximate surface area is 121 Å². The minimum atomic E-state index is -0.627. The average Bonchev–Trinajstić information content (AvgIpc) is 2.86. The summed E-state index contributed by atoms with van der Waals surface area (Å²) in [5.41, 5.74) is 8.11. The third-order valence-corrected chi connectivity index (χ3v) is 3.32. The predicted octanol–water partition coefficient (Wildman–Crippen LogP) is 2.67. The van der Waals surface area contributed by atoms with Gasteiger partial charge in [-0.2, -0.15) is 5.10 Å². The van der Waals surface area contributed by atoms with Crippen LogP contribution in [0.3, 0.4) is 0 Å². The first-order valence-corrected chi connectivity index (χ1v) is 6.61. The highest BCUT2D eigenvalue weighted by Crippen LogP contribution is 2.27. The van der Waals surface area contributed by atoms with Crippen LogP contribution in [0.1, 0.15) is 17.3 Å². The summed E-state index contributed by atoms with van der Waals surface area (Å²) in [6.07, 6.45) is 1.76. The van der Waals surface area contributed by atoms with Gasteiger partial charge in [0, 0.05) is 11.8 Å². The van der Waals surface area contributed by atoms with Crippen LogP contribution < -0.4 is 5.73 Å². The second-order valence-corrected chi connectivity index (χ2v) is 4.91. The topological polar surface area (TPSA) is 60.4 Å². The van der Waals surface area contributed by atoms with E-state index in [0.29, 0.717) is 22.3 Å². The van der Waals surface area contributed by atoms with Gasteiger partial charge in [-0.15, -0.1) is 0 Å². The minimum Gasteiger partial charge on any atom is -0.321 e. The normalized spacial score (nSPS) is 12.5. The second kappa shape index (κ2) is 5.10. The number of rotatable bonds is 3. The van der Waals surface area contributed by atoms with Crippen LogP contribution in [0.2, 0.25) is 0 Å². The zero-order valence-corrected chi connectivity index (χ0v) is 11.5. The van der Waals surface area contributed by atoms with Gasteiger partial charge in [0.1, 0.15) is 11.5 Å². The molecule has 4 nitrogen and oxygen atoms in total. The molecule has 5 heteroatoms. The second-order valence-electron chi connectivity index (χ2n) is 4.91. The Hall–Kier alpha value is -2.53. The van der Waals surface area contributed by atoms with Crippen molar-refractivity contribution >= 4 is 11.3 Å². The molecular formula is C16H14FN3O. The number of hydrogen-bond donors (Lipinski definition) is 1. The Bertz CT molecular complexity index is 806. The van der Waals surface area contributed by atoms with Crippen LogP contribution in [0.5, 0.6) is 0 Å². The molecule has 2 N–H and O–H groups in total. The van der Waals surface area contributed by atoms with Gasteiger partial charge in [-0.3, -0.25) is 4.79 Å². The number of fused-ring (bicyclic) bond motifs is 1. The minimum absolute atomic E-state index is 0.185. The predicted molar refractivity (Wildman–Crippen MR) is 78.6 cm³/mol. The molecule has 3 aromatic rings. The van der Waals surface area contributed by atoms with E-state index in [1.54, 1.807) is 29.8 Å². The van der Waals surface area contributed by atoms with Crippen molar-refractivity contribution in [3.63, 3.8) is 0 Å². The zero-order valence-electron chi connectivity index (χ0n) is 11.5. The third-order valence-electron chi connectivity index (χ3n) is 3.32. The molecule has 2 aromatic heterocycles. The van der Waals surface area contributed by atoms with Gasteiger partial charge in [0.15, 0.2) is 5.78 Å². The van der Waals surface area contributed by atoms with E-state index < -0.39 is 6.04 Å². The molecule has 0 radical (unpaired) electrons. The summed E-state index contributed by atoms with van der Waals surface area (Å²) in [6.45, 7) is 1.64. The first-order chi connectivity index (χ1) is 10.1. The lowest BCUT2D eigenvalue weighted by Crippen LogP contribution is -2.27. The highest BCUT2D eigenvalue weighted by Gasteiger charge is 2.22. The molecule has 2 heterocycles. The van der Waals surface area contributed by atoms with Gasteiger partial charge >= 0.3 is 0 Å². The summed E-state index contributed by atoms with van der Waals surface area (Å²) in [5.74, 6) is -0.516. The van der Waals surface area contributed by atoms with E-state index in [9.17, 15) is 9.18 Å². The molecule has 0 aliphatic rings. The van der Waals surface area contributed by atoms with E-state index >= 15 is 0 Å². The van der Waals surface area contributed by atoms with Crippen LogP contribution in [-0.2, 0) is 0 Å². The van der Waals surface area contributed by atoms with Gasteiger partial charge in [-0.05, 0) is 43.3 Å². The van der Waals surface area contributed by atoms with E-state index in [-0.39, 0.29) is 11.6 Å². The van der Waals surface area contributed by atoms with E-state index in [0.717, 1.165) is 0 Å². The highest BCUT2D eigenvalue weighted by atomic mass is 19.1. The van der Waals surface area contributed by atoms with Crippen molar-refractivity contribution in [1.82, 2.24) is 9.61 Å². The number of hydrogen-bond acceptors (Lipinski definition) is 3. The molecular weight excluding hydrogens is 269 g/mol. The molecule has 3 rings (SSSR count). The molecule has 1 unspecified atom stereocenters. The average molecular weight is 283 g/mol. The molecule has 21 heavy (non-hydrogen) atoms. The summed E-state index contributed by atoms with van der Waals surface area (Å²) < 4.78 is 14.7. The van der Waals surface area contributed by atoms with Crippen molar-refractivity contribution < 1.29 is 9.18 Å². The van der Waals surface area contributed by atoms with Crippen LogP contribution in [0.15, 0.2) is 48.7 Å². The molecule has 0 saturated carbocycles. The van der Waals surface area contributed by atoms with Crippen LogP contribution in [0.25, 0.3) is 16.8 Å². The number of benzene rings is 1. The van der Waals surface area contributed by atoms with E-state index in [1.807, 2.05) is 18.2 Å². The maximum Gasteiger partial charge on any atom is 0.183 e. The fourth-order valence-corrected chi connectivity index (χ4v) is 2.28. The number of halogens is 1. The van der Waals surface area contributed by atoms with Crippen LogP contribution in [0.4, 0.5) is 4.39 Å². The third kappa shape index (κ3) is 2.32. The largest absolute Gasteiger partial charge is 0.321 e. The fourth-order valence-electron chi connectivity index (χ4n) is 2.28. The van der Waals surface area contributed by atoms with E-state index in [2.05, 4.69) is 5.10 Å². The lowest BCUT2D eigenvalue weighted by atomic mass is 10.00.